The summed E-state index contributed by atoms with van der Waals surface area (Å²) in [7, 11) is 3.41. The average molecular weight is 335 g/mol. The van der Waals surface area contributed by atoms with Crippen molar-refractivity contribution in [1.82, 2.24) is 5.32 Å². The number of hydrogen-bond acceptors (Lipinski definition) is 3. The van der Waals surface area contributed by atoms with E-state index in [1.54, 1.807) is 14.2 Å². The van der Waals surface area contributed by atoms with Crippen LogP contribution in [0.25, 0.3) is 0 Å². The number of ether oxygens (including phenoxy) is 2. The average Bonchev–Trinajstić information content (AvgIpc) is 2.34. The lowest BCUT2D eigenvalue weighted by atomic mass is 10.1. The highest BCUT2D eigenvalue weighted by Crippen LogP contribution is 2.18. The van der Waals surface area contributed by atoms with Gasteiger partial charge in [0.1, 0.15) is 5.75 Å². The van der Waals surface area contributed by atoms with Gasteiger partial charge in [-0.15, -0.1) is 0 Å². The maximum absolute atomic E-state index is 5.27. The lowest BCUT2D eigenvalue weighted by molar-refractivity contribution is 0.199. The molecule has 0 saturated carbocycles. The van der Waals surface area contributed by atoms with Gasteiger partial charge in [-0.1, -0.05) is 28.7 Å². The second-order valence-corrected chi connectivity index (χ2v) is 4.26. The van der Waals surface area contributed by atoms with E-state index in [9.17, 15) is 0 Å². The first kappa shape index (κ1) is 13.7. The molecule has 0 bridgehead atoms. The molecule has 0 aliphatic rings. The van der Waals surface area contributed by atoms with Gasteiger partial charge in [-0.2, -0.15) is 0 Å². The van der Waals surface area contributed by atoms with Gasteiger partial charge in [0.05, 0.1) is 13.7 Å². The van der Waals surface area contributed by atoms with E-state index < -0.39 is 0 Å². The maximum atomic E-state index is 5.27. The van der Waals surface area contributed by atoms with E-state index in [-0.39, 0.29) is 0 Å². The van der Waals surface area contributed by atoms with Crippen molar-refractivity contribution in [2.75, 3.05) is 27.4 Å². The number of hydrogen-bond donors (Lipinski definition) is 1. The molecule has 0 fully saturated rings. The van der Waals surface area contributed by atoms with Crippen LogP contribution in [0.3, 0.4) is 0 Å². The molecule has 0 radical (unpaired) electrons. The fourth-order valence-electron chi connectivity index (χ4n) is 1.43. The highest BCUT2D eigenvalue weighted by Gasteiger charge is 2.00. The molecular formula is C12H18INO2. The number of methoxy groups -OCH3 is 2. The number of rotatable bonds is 7. The van der Waals surface area contributed by atoms with E-state index in [4.69, 9.17) is 9.47 Å². The third-order valence-corrected chi connectivity index (χ3v) is 3.11. The Morgan fingerprint density at radius 3 is 2.56 bits per heavy atom. The Morgan fingerprint density at radius 2 is 1.94 bits per heavy atom. The van der Waals surface area contributed by atoms with E-state index in [0.29, 0.717) is 0 Å². The Labute approximate surface area is 111 Å². The smallest absolute Gasteiger partial charge is 0.119 e. The highest BCUT2D eigenvalue weighted by molar-refractivity contribution is 14.1. The standard InChI is InChI=1S/C12H18INO2/c1-15-4-3-14-9-11-5-10(8-13)6-12(7-11)16-2/h5-7,14H,3-4,8-9H2,1-2H3. The summed E-state index contributed by atoms with van der Waals surface area (Å²) in [4.78, 5) is 0. The molecule has 1 N–H and O–H groups in total. The Bertz CT molecular complexity index is 296. The highest BCUT2D eigenvalue weighted by atomic mass is 127. The van der Waals surface area contributed by atoms with Crippen molar-refractivity contribution < 1.29 is 9.47 Å². The van der Waals surface area contributed by atoms with Gasteiger partial charge >= 0.3 is 0 Å². The summed E-state index contributed by atoms with van der Waals surface area (Å²) in [5, 5.41) is 3.32. The summed E-state index contributed by atoms with van der Waals surface area (Å²) in [6, 6.07) is 6.34. The van der Waals surface area contributed by atoms with E-state index in [1.165, 1.54) is 11.1 Å². The topological polar surface area (TPSA) is 30.5 Å². The normalized spacial score (nSPS) is 10.4. The molecule has 90 valence electrons. The first-order chi connectivity index (χ1) is 7.80. The monoisotopic (exact) mass is 335 g/mol. The molecule has 1 aromatic rings. The zero-order chi connectivity index (χ0) is 11.8. The van der Waals surface area contributed by atoms with Crippen LogP contribution in [0.15, 0.2) is 18.2 Å². The molecule has 1 aromatic carbocycles. The summed E-state index contributed by atoms with van der Waals surface area (Å²) in [6.07, 6.45) is 0. The van der Waals surface area contributed by atoms with Crippen molar-refractivity contribution in [1.29, 1.82) is 0 Å². The molecule has 1 rings (SSSR count). The molecule has 0 aliphatic carbocycles. The minimum Gasteiger partial charge on any atom is -0.497 e. The molecule has 0 amide bonds. The van der Waals surface area contributed by atoms with E-state index in [2.05, 4.69) is 46.1 Å². The minimum atomic E-state index is 0.739. The second-order valence-electron chi connectivity index (χ2n) is 3.49. The van der Waals surface area contributed by atoms with Gasteiger partial charge in [-0.05, 0) is 23.3 Å². The van der Waals surface area contributed by atoms with Crippen LogP contribution in [0, 0.1) is 0 Å². The fourth-order valence-corrected chi connectivity index (χ4v) is 1.87. The van der Waals surface area contributed by atoms with Crippen LogP contribution in [0.1, 0.15) is 11.1 Å². The van der Waals surface area contributed by atoms with Gasteiger partial charge in [0.15, 0.2) is 0 Å². The second kappa shape index (κ2) is 7.86. The predicted octanol–water partition coefficient (Wildman–Crippen LogP) is 2.37. The van der Waals surface area contributed by atoms with Crippen molar-refractivity contribution in [3.8, 4) is 5.75 Å². The van der Waals surface area contributed by atoms with E-state index in [1.807, 2.05) is 0 Å². The van der Waals surface area contributed by atoms with Gasteiger partial charge in [-0.25, -0.2) is 0 Å². The van der Waals surface area contributed by atoms with Crippen LogP contribution in [0.4, 0.5) is 0 Å². The molecule has 4 heteroatoms. The molecular weight excluding hydrogens is 317 g/mol. The first-order valence-corrected chi connectivity index (χ1v) is 6.75. The SMILES string of the molecule is COCCNCc1cc(CI)cc(OC)c1. The zero-order valence-electron chi connectivity index (χ0n) is 9.75. The number of nitrogens with one attached hydrogen (secondary N) is 1. The zero-order valence-corrected chi connectivity index (χ0v) is 11.9. The third kappa shape index (κ3) is 4.67. The fraction of sp³-hybridized carbons (Fsp3) is 0.500. The molecule has 0 atom stereocenters. The Morgan fingerprint density at radius 1 is 1.19 bits per heavy atom. The molecule has 0 aliphatic heterocycles. The lowest BCUT2D eigenvalue weighted by Crippen LogP contribution is -2.18. The quantitative estimate of drug-likeness (QED) is 0.471. The van der Waals surface area contributed by atoms with Crippen molar-refractivity contribution in [2.24, 2.45) is 0 Å². The van der Waals surface area contributed by atoms with Gasteiger partial charge in [-0.3, -0.25) is 0 Å². The molecule has 0 spiro atoms. The summed E-state index contributed by atoms with van der Waals surface area (Å²) in [5.74, 6) is 0.928. The molecule has 0 aromatic heterocycles. The van der Waals surface area contributed by atoms with Crippen molar-refractivity contribution in [3.63, 3.8) is 0 Å². The van der Waals surface area contributed by atoms with E-state index >= 15 is 0 Å². The summed E-state index contributed by atoms with van der Waals surface area (Å²) >= 11 is 2.36. The van der Waals surface area contributed by atoms with Crippen molar-refractivity contribution in [2.45, 2.75) is 11.0 Å². The Hall–Kier alpha value is -0.330. The summed E-state index contributed by atoms with van der Waals surface area (Å²) in [5.41, 5.74) is 2.55. The minimum absolute atomic E-state index is 0.739. The Kier molecular flexibility index (Phi) is 6.75. The molecule has 0 heterocycles. The molecule has 0 saturated heterocycles. The number of halogens is 1. The van der Waals surface area contributed by atoms with Gasteiger partial charge in [0.25, 0.3) is 0 Å². The van der Waals surface area contributed by atoms with Crippen molar-refractivity contribution in [3.05, 3.63) is 29.3 Å². The van der Waals surface area contributed by atoms with Crippen LogP contribution >= 0.6 is 22.6 Å². The largest absolute Gasteiger partial charge is 0.497 e. The molecule has 0 unspecified atom stereocenters. The number of benzene rings is 1. The van der Waals surface area contributed by atoms with Crippen molar-refractivity contribution >= 4 is 22.6 Å². The summed E-state index contributed by atoms with van der Waals surface area (Å²) in [6.45, 7) is 2.46. The van der Waals surface area contributed by atoms with Crippen LogP contribution in [-0.2, 0) is 15.7 Å². The Balaban J connectivity index is 2.57. The predicted molar refractivity (Wildman–Crippen MR) is 74.3 cm³/mol. The van der Waals surface area contributed by atoms with Crippen LogP contribution in [0.5, 0.6) is 5.75 Å². The molecule has 16 heavy (non-hydrogen) atoms. The number of alkyl halides is 1. The van der Waals surface area contributed by atoms with Crippen LogP contribution < -0.4 is 10.1 Å². The van der Waals surface area contributed by atoms with Crippen LogP contribution in [-0.4, -0.2) is 27.4 Å². The lowest BCUT2D eigenvalue weighted by Gasteiger charge is -2.08. The summed E-state index contributed by atoms with van der Waals surface area (Å²) < 4.78 is 11.3. The van der Waals surface area contributed by atoms with Gasteiger partial charge < -0.3 is 14.8 Å². The van der Waals surface area contributed by atoms with Gasteiger partial charge in [0.2, 0.25) is 0 Å². The third-order valence-electron chi connectivity index (χ3n) is 2.23. The van der Waals surface area contributed by atoms with Crippen LogP contribution in [0.2, 0.25) is 0 Å². The molecule has 3 nitrogen and oxygen atoms in total. The first-order valence-electron chi connectivity index (χ1n) is 5.22. The van der Waals surface area contributed by atoms with E-state index in [0.717, 1.165) is 29.9 Å². The van der Waals surface area contributed by atoms with Gasteiger partial charge in [0, 0.05) is 24.6 Å². The maximum Gasteiger partial charge on any atom is 0.119 e.